The third-order valence-corrected chi connectivity index (χ3v) is 5.31. The van der Waals surface area contributed by atoms with Crippen LogP contribution in [0.3, 0.4) is 0 Å². The molecule has 8 heteroatoms. The largest absolute Gasteiger partial charge is 0.485 e. The van der Waals surface area contributed by atoms with E-state index in [2.05, 4.69) is 21.8 Å². The first-order valence-electron chi connectivity index (χ1n) is 10.0. The number of alkyl halides is 2. The topological polar surface area (TPSA) is 21.7 Å². The Bertz CT molecular complexity index is 1110. The quantitative estimate of drug-likeness (QED) is 0.334. The maximum Gasteiger partial charge on any atom is 0.387 e. The molecule has 0 amide bonds. The Morgan fingerprint density at radius 2 is 1.59 bits per heavy atom. The fourth-order valence-corrected chi connectivity index (χ4v) is 3.73. The van der Waals surface area contributed by atoms with E-state index in [0.717, 1.165) is 25.1 Å². The molecule has 3 aromatic carbocycles. The van der Waals surface area contributed by atoms with E-state index in [9.17, 15) is 22.0 Å². The SMILES string of the molecule is Fc1cc(F)c(COc2cc(CN3CCc4ccccc4C3)ccc2OC(F)F)cc1F. The second-order valence-electron chi connectivity index (χ2n) is 7.54. The molecule has 0 bridgehead atoms. The predicted molar refractivity (Wildman–Crippen MR) is 108 cm³/mol. The van der Waals surface area contributed by atoms with Crippen LogP contribution in [0.4, 0.5) is 22.0 Å². The predicted octanol–water partition coefficient (Wildman–Crippen LogP) is 5.84. The van der Waals surface area contributed by atoms with E-state index in [-0.39, 0.29) is 17.1 Å². The van der Waals surface area contributed by atoms with Crippen molar-refractivity contribution in [3.8, 4) is 11.5 Å². The van der Waals surface area contributed by atoms with Gasteiger partial charge in [0.15, 0.2) is 23.1 Å². The third-order valence-electron chi connectivity index (χ3n) is 5.31. The molecule has 0 aromatic heterocycles. The van der Waals surface area contributed by atoms with Gasteiger partial charge in [-0.05, 0) is 41.3 Å². The van der Waals surface area contributed by atoms with Gasteiger partial charge in [0.2, 0.25) is 0 Å². The van der Waals surface area contributed by atoms with Gasteiger partial charge in [0, 0.05) is 31.3 Å². The Balaban J connectivity index is 1.51. The molecule has 32 heavy (non-hydrogen) atoms. The molecule has 168 valence electrons. The molecule has 0 saturated carbocycles. The van der Waals surface area contributed by atoms with Crippen LogP contribution in [-0.2, 0) is 26.1 Å². The van der Waals surface area contributed by atoms with E-state index in [1.54, 1.807) is 6.07 Å². The normalized spacial score (nSPS) is 13.8. The van der Waals surface area contributed by atoms with E-state index < -0.39 is 30.7 Å². The highest BCUT2D eigenvalue weighted by molar-refractivity contribution is 5.43. The number of ether oxygens (including phenoxy) is 2. The Morgan fingerprint density at radius 1 is 0.844 bits per heavy atom. The summed E-state index contributed by atoms with van der Waals surface area (Å²) in [5.41, 5.74) is 3.08. The van der Waals surface area contributed by atoms with Crippen LogP contribution in [0.25, 0.3) is 0 Å². The molecule has 3 nitrogen and oxygen atoms in total. The maximum atomic E-state index is 13.9. The van der Waals surface area contributed by atoms with Gasteiger partial charge < -0.3 is 9.47 Å². The van der Waals surface area contributed by atoms with Crippen LogP contribution in [0.5, 0.6) is 11.5 Å². The van der Waals surface area contributed by atoms with Gasteiger partial charge in [-0.25, -0.2) is 13.2 Å². The maximum absolute atomic E-state index is 13.9. The minimum Gasteiger partial charge on any atom is -0.485 e. The molecule has 0 saturated heterocycles. The van der Waals surface area contributed by atoms with Crippen LogP contribution in [0.1, 0.15) is 22.3 Å². The number of nitrogens with zero attached hydrogens (tertiary/aromatic N) is 1. The van der Waals surface area contributed by atoms with E-state index in [1.165, 1.54) is 23.3 Å². The number of halogens is 5. The smallest absolute Gasteiger partial charge is 0.387 e. The second kappa shape index (κ2) is 9.56. The summed E-state index contributed by atoms with van der Waals surface area (Å²) in [5, 5.41) is 0. The van der Waals surface area contributed by atoms with E-state index in [1.807, 2.05) is 12.1 Å². The van der Waals surface area contributed by atoms with Crippen molar-refractivity contribution in [1.29, 1.82) is 0 Å². The van der Waals surface area contributed by atoms with Crippen molar-refractivity contribution in [3.05, 3.63) is 94.3 Å². The lowest BCUT2D eigenvalue weighted by molar-refractivity contribution is -0.0516. The summed E-state index contributed by atoms with van der Waals surface area (Å²) in [4.78, 5) is 2.21. The van der Waals surface area contributed by atoms with Crippen molar-refractivity contribution in [3.63, 3.8) is 0 Å². The number of hydrogen-bond donors (Lipinski definition) is 0. The Hall–Kier alpha value is -3.13. The molecule has 0 aliphatic carbocycles. The van der Waals surface area contributed by atoms with Crippen LogP contribution in [-0.4, -0.2) is 18.1 Å². The highest BCUT2D eigenvalue weighted by Crippen LogP contribution is 2.32. The lowest BCUT2D eigenvalue weighted by atomic mass is 9.99. The first kappa shape index (κ1) is 22.1. The molecule has 1 heterocycles. The minimum atomic E-state index is -3.08. The molecule has 0 radical (unpaired) electrons. The molecular formula is C24H20F5NO2. The van der Waals surface area contributed by atoms with Gasteiger partial charge in [0.1, 0.15) is 12.4 Å². The minimum absolute atomic E-state index is 0.0376. The molecule has 4 rings (SSSR count). The van der Waals surface area contributed by atoms with Gasteiger partial charge in [0.25, 0.3) is 0 Å². The van der Waals surface area contributed by atoms with Crippen molar-refractivity contribution in [2.75, 3.05) is 6.54 Å². The van der Waals surface area contributed by atoms with Crippen molar-refractivity contribution in [2.24, 2.45) is 0 Å². The van der Waals surface area contributed by atoms with Gasteiger partial charge in [-0.1, -0.05) is 30.3 Å². The Kier molecular flexibility index (Phi) is 6.60. The number of fused-ring (bicyclic) bond motifs is 1. The Morgan fingerprint density at radius 3 is 2.38 bits per heavy atom. The van der Waals surface area contributed by atoms with Gasteiger partial charge in [-0.2, -0.15) is 8.78 Å². The molecule has 0 spiro atoms. The first-order valence-corrected chi connectivity index (χ1v) is 10.0. The van der Waals surface area contributed by atoms with Crippen molar-refractivity contribution in [1.82, 2.24) is 4.90 Å². The third kappa shape index (κ3) is 5.19. The van der Waals surface area contributed by atoms with Gasteiger partial charge in [-0.15, -0.1) is 0 Å². The molecule has 1 aliphatic heterocycles. The lowest BCUT2D eigenvalue weighted by Gasteiger charge is -2.29. The van der Waals surface area contributed by atoms with Gasteiger partial charge in [-0.3, -0.25) is 4.90 Å². The number of benzene rings is 3. The van der Waals surface area contributed by atoms with Gasteiger partial charge >= 0.3 is 6.61 Å². The molecule has 0 unspecified atom stereocenters. The summed E-state index contributed by atoms with van der Waals surface area (Å²) in [6.45, 7) is -1.44. The molecule has 0 fully saturated rings. The second-order valence-corrected chi connectivity index (χ2v) is 7.54. The average Bonchev–Trinajstić information content (AvgIpc) is 2.76. The van der Waals surface area contributed by atoms with E-state index >= 15 is 0 Å². The van der Waals surface area contributed by atoms with E-state index in [0.29, 0.717) is 18.7 Å². The van der Waals surface area contributed by atoms with Crippen LogP contribution in [0, 0.1) is 17.5 Å². The standard InChI is InChI=1S/C24H20F5NO2/c25-19-11-21(27)20(26)10-18(19)14-31-23-9-15(5-6-22(23)32-24(28)29)12-30-8-7-16-3-1-2-4-17(16)13-30/h1-6,9-11,24H,7-8,12-14H2. The number of hydrogen-bond acceptors (Lipinski definition) is 3. The summed E-state index contributed by atoms with van der Waals surface area (Å²) >= 11 is 0. The number of rotatable bonds is 7. The highest BCUT2D eigenvalue weighted by atomic mass is 19.3. The fourth-order valence-electron chi connectivity index (χ4n) is 3.73. The molecule has 3 aromatic rings. The summed E-state index contributed by atoms with van der Waals surface area (Å²) in [5.74, 6) is -3.81. The summed E-state index contributed by atoms with van der Waals surface area (Å²) in [6, 6.07) is 13.8. The molecule has 0 atom stereocenters. The summed E-state index contributed by atoms with van der Waals surface area (Å²) < 4.78 is 76.1. The van der Waals surface area contributed by atoms with Crippen LogP contribution >= 0.6 is 0 Å². The van der Waals surface area contributed by atoms with Crippen molar-refractivity contribution >= 4 is 0 Å². The van der Waals surface area contributed by atoms with E-state index in [4.69, 9.17) is 4.74 Å². The van der Waals surface area contributed by atoms with Crippen molar-refractivity contribution in [2.45, 2.75) is 32.7 Å². The summed E-state index contributed by atoms with van der Waals surface area (Å²) in [6.07, 6.45) is 0.904. The Labute approximate surface area is 182 Å². The molecular weight excluding hydrogens is 429 g/mol. The van der Waals surface area contributed by atoms with Crippen molar-refractivity contribution < 1.29 is 31.4 Å². The monoisotopic (exact) mass is 449 g/mol. The zero-order valence-electron chi connectivity index (χ0n) is 17.0. The molecule has 0 N–H and O–H groups in total. The summed E-state index contributed by atoms with van der Waals surface area (Å²) in [7, 11) is 0. The molecule has 1 aliphatic rings. The highest BCUT2D eigenvalue weighted by Gasteiger charge is 2.18. The van der Waals surface area contributed by atoms with Crippen LogP contribution in [0.15, 0.2) is 54.6 Å². The lowest BCUT2D eigenvalue weighted by Crippen LogP contribution is -2.29. The fraction of sp³-hybridized carbons (Fsp3) is 0.250. The average molecular weight is 449 g/mol. The zero-order valence-corrected chi connectivity index (χ0v) is 17.0. The van der Waals surface area contributed by atoms with Crippen LogP contribution < -0.4 is 9.47 Å². The van der Waals surface area contributed by atoms with Crippen LogP contribution in [0.2, 0.25) is 0 Å². The zero-order chi connectivity index (χ0) is 22.7. The van der Waals surface area contributed by atoms with Gasteiger partial charge in [0.05, 0.1) is 0 Å². The first-order chi connectivity index (χ1) is 15.4.